The number of carbonyl (C=O) groups excluding carboxylic acids is 1. The maximum Gasteiger partial charge on any atom is 0.151 e. The summed E-state index contributed by atoms with van der Waals surface area (Å²) in [6, 6.07) is 4.11. The average Bonchev–Trinajstić information content (AvgIpc) is 2.07. The first-order valence-corrected chi connectivity index (χ1v) is 6.78. The second-order valence-electron chi connectivity index (χ2n) is 3.87. The summed E-state index contributed by atoms with van der Waals surface area (Å²) in [5, 5.41) is 0. The smallest absolute Gasteiger partial charge is 0.151 e. The predicted octanol–water partition coefficient (Wildman–Crippen LogP) is 1.50. The van der Waals surface area contributed by atoms with Crippen molar-refractivity contribution < 1.29 is 17.6 Å². The van der Waals surface area contributed by atoms with E-state index >= 15 is 0 Å². The van der Waals surface area contributed by atoms with Gasteiger partial charge in [0.05, 0.1) is 5.75 Å². The van der Waals surface area contributed by atoms with E-state index in [1.165, 1.54) is 25.1 Å². The topological polar surface area (TPSA) is 51.2 Å². The maximum absolute atomic E-state index is 13.3. The van der Waals surface area contributed by atoms with E-state index in [-0.39, 0.29) is 23.5 Å². The van der Waals surface area contributed by atoms with Crippen molar-refractivity contribution in [2.75, 3.05) is 6.26 Å². The minimum absolute atomic E-state index is 0.0445. The molecule has 5 heteroatoms. The highest BCUT2D eigenvalue weighted by Gasteiger charge is 2.10. The number of carbonyl (C=O) groups is 1. The van der Waals surface area contributed by atoms with E-state index in [4.69, 9.17) is 0 Å². The zero-order valence-electron chi connectivity index (χ0n) is 9.16. The largest absolute Gasteiger partial charge is 0.300 e. The van der Waals surface area contributed by atoms with E-state index in [1.54, 1.807) is 0 Å². The summed E-state index contributed by atoms with van der Waals surface area (Å²) in [4.78, 5) is 10.9. The van der Waals surface area contributed by atoms with Gasteiger partial charge in [0.15, 0.2) is 9.84 Å². The highest BCUT2D eigenvalue weighted by molar-refractivity contribution is 7.89. The number of benzene rings is 1. The van der Waals surface area contributed by atoms with Crippen LogP contribution in [0, 0.1) is 5.82 Å². The standard InChI is InChI=1S/C11H13FO3S/c1-8(13)5-9-3-4-11(12)10(6-9)7-16(2,14)15/h3-4,6H,5,7H2,1-2H3. The van der Waals surface area contributed by atoms with Gasteiger partial charge in [-0.3, -0.25) is 4.79 Å². The predicted molar refractivity (Wildman–Crippen MR) is 59.3 cm³/mol. The van der Waals surface area contributed by atoms with Crippen molar-refractivity contribution in [3.8, 4) is 0 Å². The first kappa shape index (κ1) is 12.8. The summed E-state index contributed by atoms with van der Waals surface area (Å²) >= 11 is 0. The van der Waals surface area contributed by atoms with Crippen molar-refractivity contribution in [3.05, 3.63) is 35.1 Å². The van der Waals surface area contributed by atoms with Crippen molar-refractivity contribution in [1.29, 1.82) is 0 Å². The molecule has 0 spiro atoms. The van der Waals surface area contributed by atoms with Gasteiger partial charge in [-0.05, 0) is 18.6 Å². The highest BCUT2D eigenvalue weighted by atomic mass is 32.2. The molecule has 0 heterocycles. The fourth-order valence-electron chi connectivity index (χ4n) is 1.42. The molecular weight excluding hydrogens is 231 g/mol. The van der Waals surface area contributed by atoms with Crippen LogP contribution in [0.2, 0.25) is 0 Å². The van der Waals surface area contributed by atoms with Crippen LogP contribution in [0.25, 0.3) is 0 Å². The van der Waals surface area contributed by atoms with Crippen LogP contribution in [0.15, 0.2) is 18.2 Å². The maximum atomic E-state index is 13.3. The molecule has 0 aliphatic carbocycles. The molecule has 0 saturated carbocycles. The first-order chi connectivity index (χ1) is 7.28. The van der Waals surface area contributed by atoms with Gasteiger partial charge >= 0.3 is 0 Å². The molecule has 0 radical (unpaired) electrons. The molecule has 0 bridgehead atoms. The number of halogens is 1. The van der Waals surface area contributed by atoms with Gasteiger partial charge in [0.25, 0.3) is 0 Å². The van der Waals surface area contributed by atoms with Crippen LogP contribution in [-0.2, 0) is 26.8 Å². The molecule has 0 N–H and O–H groups in total. The summed E-state index contributed by atoms with van der Waals surface area (Å²) in [7, 11) is -3.27. The van der Waals surface area contributed by atoms with Crippen LogP contribution >= 0.6 is 0 Å². The summed E-state index contributed by atoms with van der Waals surface area (Å²) < 4.78 is 35.4. The average molecular weight is 244 g/mol. The summed E-state index contributed by atoms with van der Waals surface area (Å²) in [6.45, 7) is 1.43. The molecule has 16 heavy (non-hydrogen) atoms. The number of sulfone groups is 1. The van der Waals surface area contributed by atoms with E-state index in [9.17, 15) is 17.6 Å². The molecule has 3 nitrogen and oxygen atoms in total. The third-order valence-electron chi connectivity index (χ3n) is 1.98. The molecule has 0 amide bonds. The van der Waals surface area contributed by atoms with E-state index in [1.807, 2.05) is 0 Å². The number of rotatable bonds is 4. The Hall–Kier alpha value is -1.23. The zero-order valence-corrected chi connectivity index (χ0v) is 9.97. The van der Waals surface area contributed by atoms with Crippen molar-refractivity contribution >= 4 is 15.6 Å². The monoisotopic (exact) mass is 244 g/mol. The second-order valence-corrected chi connectivity index (χ2v) is 6.01. The molecule has 0 fully saturated rings. The third-order valence-corrected chi connectivity index (χ3v) is 2.82. The van der Waals surface area contributed by atoms with Crippen molar-refractivity contribution in [2.45, 2.75) is 19.1 Å². The Bertz CT molecular complexity index is 506. The lowest BCUT2D eigenvalue weighted by molar-refractivity contribution is -0.116. The van der Waals surface area contributed by atoms with Gasteiger partial charge < -0.3 is 0 Å². The van der Waals surface area contributed by atoms with E-state index in [2.05, 4.69) is 0 Å². The van der Waals surface area contributed by atoms with E-state index < -0.39 is 15.7 Å². The summed E-state index contributed by atoms with van der Waals surface area (Å²) in [5.41, 5.74) is 0.744. The normalized spacial score (nSPS) is 11.4. The van der Waals surface area contributed by atoms with Gasteiger partial charge in [0.1, 0.15) is 11.6 Å². The molecule has 0 unspecified atom stereocenters. The minimum atomic E-state index is -3.27. The van der Waals surface area contributed by atoms with Crippen LogP contribution in [0.4, 0.5) is 4.39 Å². The molecule has 0 saturated heterocycles. The molecule has 1 aromatic rings. The Morgan fingerprint density at radius 1 is 1.38 bits per heavy atom. The Morgan fingerprint density at radius 2 is 2.00 bits per heavy atom. The van der Waals surface area contributed by atoms with Gasteiger partial charge in [-0.1, -0.05) is 12.1 Å². The summed E-state index contributed by atoms with van der Waals surface area (Å²) in [6.07, 6.45) is 1.24. The van der Waals surface area contributed by atoms with Gasteiger partial charge in [-0.2, -0.15) is 0 Å². The van der Waals surface area contributed by atoms with Crippen LogP contribution in [0.3, 0.4) is 0 Å². The van der Waals surface area contributed by atoms with Crippen molar-refractivity contribution in [1.82, 2.24) is 0 Å². The molecule has 0 atom stereocenters. The third kappa shape index (κ3) is 4.10. The van der Waals surface area contributed by atoms with Gasteiger partial charge in [-0.15, -0.1) is 0 Å². The Labute approximate surface area is 94.2 Å². The quantitative estimate of drug-likeness (QED) is 0.806. The zero-order chi connectivity index (χ0) is 12.3. The van der Waals surface area contributed by atoms with Crippen LogP contribution in [0.1, 0.15) is 18.1 Å². The van der Waals surface area contributed by atoms with Crippen LogP contribution in [-0.4, -0.2) is 20.5 Å². The van der Waals surface area contributed by atoms with Crippen LogP contribution < -0.4 is 0 Å². The van der Waals surface area contributed by atoms with Gasteiger partial charge in [-0.25, -0.2) is 12.8 Å². The van der Waals surface area contributed by atoms with Gasteiger partial charge in [0, 0.05) is 18.2 Å². The molecule has 88 valence electrons. The number of Topliss-reactive ketones (excluding diaryl/α,β-unsaturated/α-hetero) is 1. The fourth-order valence-corrected chi connectivity index (χ4v) is 2.20. The molecule has 0 aliphatic heterocycles. The van der Waals surface area contributed by atoms with E-state index in [0.717, 1.165) is 6.26 Å². The lowest BCUT2D eigenvalue weighted by Gasteiger charge is -2.04. The Morgan fingerprint density at radius 3 is 2.50 bits per heavy atom. The summed E-state index contributed by atoms with van der Waals surface area (Å²) in [5.74, 6) is -0.945. The highest BCUT2D eigenvalue weighted by Crippen LogP contribution is 2.14. The lowest BCUT2D eigenvalue weighted by atomic mass is 10.1. The minimum Gasteiger partial charge on any atom is -0.300 e. The number of hydrogen-bond donors (Lipinski definition) is 0. The fraction of sp³-hybridized carbons (Fsp3) is 0.364. The van der Waals surface area contributed by atoms with E-state index in [0.29, 0.717) is 5.56 Å². The van der Waals surface area contributed by atoms with Crippen molar-refractivity contribution in [3.63, 3.8) is 0 Å². The van der Waals surface area contributed by atoms with Crippen molar-refractivity contribution in [2.24, 2.45) is 0 Å². The molecule has 1 rings (SSSR count). The molecule has 0 aliphatic rings. The van der Waals surface area contributed by atoms with Crippen LogP contribution in [0.5, 0.6) is 0 Å². The Balaban J connectivity index is 3.04. The molecule has 1 aromatic carbocycles. The van der Waals surface area contributed by atoms with Gasteiger partial charge in [0.2, 0.25) is 0 Å². The molecule has 0 aromatic heterocycles. The molecular formula is C11H13FO3S. The number of ketones is 1. The first-order valence-electron chi connectivity index (χ1n) is 4.72. The second kappa shape index (κ2) is 4.74. The lowest BCUT2D eigenvalue weighted by Crippen LogP contribution is -2.05. The number of hydrogen-bond acceptors (Lipinski definition) is 3. The Kier molecular flexibility index (Phi) is 3.80. The SMILES string of the molecule is CC(=O)Cc1ccc(F)c(CS(C)(=O)=O)c1.